The van der Waals surface area contributed by atoms with E-state index in [-0.39, 0.29) is 0 Å². The molecule has 0 aliphatic carbocycles. The quantitative estimate of drug-likeness (QED) is 0.676. The van der Waals surface area contributed by atoms with E-state index < -0.39 is 5.91 Å². The minimum absolute atomic E-state index is 0.389. The molecule has 4 heteroatoms. The Balaban J connectivity index is 2.45. The summed E-state index contributed by atoms with van der Waals surface area (Å²) < 4.78 is 0. The zero-order chi connectivity index (χ0) is 9.97. The van der Waals surface area contributed by atoms with E-state index in [1.807, 2.05) is 6.08 Å². The second-order valence-corrected chi connectivity index (χ2v) is 2.89. The van der Waals surface area contributed by atoms with Crippen molar-refractivity contribution in [1.82, 2.24) is 0 Å². The van der Waals surface area contributed by atoms with E-state index in [0.29, 0.717) is 17.9 Å². The molecule has 0 radical (unpaired) electrons. The van der Waals surface area contributed by atoms with Crippen molar-refractivity contribution < 1.29 is 14.6 Å². The van der Waals surface area contributed by atoms with Crippen LogP contribution in [0.5, 0.6) is 5.75 Å². The second-order valence-electron chi connectivity index (χ2n) is 2.89. The SMILES string of the molecule is NC(=O)c1ccc2c(c1)C=CCOO2. The molecular formula is C10H9NO3. The molecule has 0 fully saturated rings. The Morgan fingerprint density at radius 3 is 3.07 bits per heavy atom. The van der Waals surface area contributed by atoms with E-state index in [2.05, 4.69) is 0 Å². The first kappa shape index (κ1) is 8.77. The molecule has 0 spiro atoms. The lowest BCUT2D eigenvalue weighted by Crippen LogP contribution is -2.11. The summed E-state index contributed by atoms with van der Waals surface area (Å²) in [5, 5.41) is 0. The van der Waals surface area contributed by atoms with Gasteiger partial charge in [0.15, 0.2) is 5.75 Å². The van der Waals surface area contributed by atoms with Gasteiger partial charge in [0.2, 0.25) is 5.91 Å². The summed E-state index contributed by atoms with van der Waals surface area (Å²) in [6, 6.07) is 4.93. The Morgan fingerprint density at radius 2 is 2.29 bits per heavy atom. The van der Waals surface area contributed by atoms with Gasteiger partial charge in [0.05, 0.1) is 0 Å². The summed E-state index contributed by atoms with van der Waals surface area (Å²) in [6.45, 7) is 0.389. The number of fused-ring (bicyclic) bond motifs is 1. The maximum Gasteiger partial charge on any atom is 0.248 e. The third-order valence-corrected chi connectivity index (χ3v) is 1.90. The van der Waals surface area contributed by atoms with E-state index in [9.17, 15) is 4.79 Å². The number of amides is 1. The third kappa shape index (κ3) is 1.60. The minimum Gasteiger partial charge on any atom is -0.366 e. The molecule has 4 nitrogen and oxygen atoms in total. The zero-order valence-electron chi connectivity index (χ0n) is 7.40. The molecule has 1 aliphatic rings. The molecule has 0 unspecified atom stereocenters. The molecule has 0 atom stereocenters. The Morgan fingerprint density at radius 1 is 1.43 bits per heavy atom. The standard InChI is InChI=1S/C10H9NO3/c11-10(12)8-3-4-9-7(6-8)2-1-5-13-14-9/h1-4,6H,5H2,(H2,11,12). The van der Waals surface area contributed by atoms with Gasteiger partial charge in [-0.05, 0) is 18.2 Å². The molecule has 0 aromatic heterocycles. The first-order valence-electron chi connectivity index (χ1n) is 4.17. The third-order valence-electron chi connectivity index (χ3n) is 1.90. The van der Waals surface area contributed by atoms with Gasteiger partial charge in [-0.2, -0.15) is 4.89 Å². The predicted molar refractivity (Wildman–Crippen MR) is 50.6 cm³/mol. The van der Waals surface area contributed by atoms with Gasteiger partial charge >= 0.3 is 0 Å². The molecule has 1 aromatic rings. The fourth-order valence-electron chi connectivity index (χ4n) is 1.22. The van der Waals surface area contributed by atoms with Gasteiger partial charge in [0, 0.05) is 11.1 Å². The van der Waals surface area contributed by atoms with E-state index in [4.69, 9.17) is 15.5 Å². The number of rotatable bonds is 1. The van der Waals surface area contributed by atoms with Crippen LogP contribution in [0.25, 0.3) is 6.08 Å². The summed E-state index contributed by atoms with van der Waals surface area (Å²) in [5.41, 5.74) is 6.40. The van der Waals surface area contributed by atoms with Gasteiger partial charge in [-0.3, -0.25) is 4.79 Å². The highest BCUT2D eigenvalue weighted by molar-refractivity contribution is 5.93. The van der Waals surface area contributed by atoms with Crippen LogP contribution in [0, 0.1) is 0 Å². The molecule has 2 rings (SSSR count). The van der Waals surface area contributed by atoms with Crippen LogP contribution in [0.4, 0.5) is 0 Å². The highest BCUT2D eigenvalue weighted by atomic mass is 17.2. The average molecular weight is 191 g/mol. The van der Waals surface area contributed by atoms with E-state index in [1.54, 1.807) is 24.3 Å². The van der Waals surface area contributed by atoms with Crippen molar-refractivity contribution in [2.24, 2.45) is 5.73 Å². The monoisotopic (exact) mass is 191 g/mol. The van der Waals surface area contributed by atoms with E-state index in [0.717, 1.165) is 5.56 Å². The maximum atomic E-state index is 10.9. The fraction of sp³-hybridized carbons (Fsp3) is 0.100. The van der Waals surface area contributed by atoms with Crippen molar-refractivity contribution in [2.75, 3.05) is 6.61 Å². The number of carbonyl (C=O) groups is 1. The lowest BCUT2D eigenvalue weighted by molar-refractivity contribution is -0.194. The van der Waals surface area contributed by atoms with Crippen LogP contribution in [0.3, 0.4) is 0 Å². The van der Waals surface area contributed by atoms with Crippen LogP contribution < -0.4 is 10.6 Å². The maximum absolute atomic E-state index is 10.9. The van der Waals surface area contributed by atoms with Gasteiger partial charge in [0.25, 0.3) is 0 Å². The van der Waals surface area contributed by atoms with Crippen LogP contribution in [0.1, 0.15) is 15.9 Å². The van der Waals surface area contributed by atoms with Crippen molar-refractivity contribution in [3.8, 4) is 5.75 Å². The minimum atomic E-state index is -0.452. The van der Waals surface area contributed by atoms with Crippen molar-refractivity contribution in [2.45, 2.75) is 0 Å². The number of benzene rings is 1. The van der Waals surface area contributed by atoms with Gasteiger partial charge in [-0.25, -0.2) is 0 Å². The number of primary amides is 1. The average Bonchev–Trinajstić information content (AvgIpc) is 2.41. The van der Waals surface area contributed by atoms with E-state index >= 15 is 0 Å². The first-order valence-corrected chi connectivity index (χ1v) is 4.17. The van der Waals surface area contributed by atoms with Crippen LogP contribution in [-0.2, 0) is 4.89 Å². The molecule has 1 amide bonds. The Hall–Kier alpha value is -1.81. The molecule has 2 N–H and O–H groups in total. The van der Waals surface area contributed by atoms with Gasteiger partial charge in [-0.1, -0.05) is 12.2 Å². The van der Waals surface area contributed by atoms with Crippen LogP contribution in [0.15, 0.2) is 24.3 Å². The molecule has 0 bridgehead atoms. The van der Waals surface area contributed by atoms with Crippen LogP contribution >= 0.6 is 0 Å². The van der Waals surface area contributed by atoms with Gasteiger partial charge in [-0.15, -0.1) is 0 Å². The lowest BCUT2D eigenvalue weighted by Gasteiger charge is -2.04. The molecule has 14 heavy (non-hydrogen) atoms. The van der Waals surface area contributed by atoms with E-state index in [1.165, 1.54) is 0 Å². The zero-order valence-corrected chi connectivity index (χ0v) is 7.40. The van der Waals surface area contributed by atoms with Crippen molar-refractivity contribution >= 4 is 12.0 Å². The van der Waals surface area contributed by atoms with Crippen molar-refractivity contribution in [3.05, 3.63) is 35.4 Å². The van der Waals surface area contributed by atoms with Crippen molar-refractivity contribution in [1.29, 1.82) is 0 Å². The van der Waals surface area contributed by atoms with Crippen molar-refractivity contribution in [3.63, 3.8) is 0 Å². The molecule has 1 heterocycles. The van der Waals surface area contributed by atoms with Gasteiger partial charge in [0.1, 0.15) is 6.61 Å². The number of hydrogen-bond acceptors (Lipinski definition) is 3. The second kappa shape index (κ2) is 3.51. The smallest absolute Gasteiger partial charge is 0.248 e. The summed E-state index contributed by atoms with van der Waals surface area (Å²) in [5.74, 6) is 0.134. The lowest BCUT2D eigenvalue weighted by atomic mass is 10.1. The number of carbonyl (C=O) groups excluding carboxylic acids is 1. The number of hydrogen-bond donors (Lipinski definition) is 1. The predicted octanol–water partition coefficient (Wildman–Crippen LogP) is 1.12. The van der Waals surface area contributed by atoms with Crippen LogP contribution in [-0.4, -0.2) is 12.5 Å². The molecule has 72 valence electrons. The summed E-state index contributed by atoms with van der Waals surface area (Å²) in [7, 11) is 0. The summed E-state index contributed by atoms with van der Waals surface area (Å²) >= 11 is 0. The van der Waals surface area contributed by atoms with Crippen LogP contribution in [0.2, 0.25) is 0 Å². The largest absolute Gasteiger partial charge is 0.366 e. The molecule has 1 aromatic carbocycles. The topological polar surface area (TPSA) is 61.6 Å². The number of nitrogens with two attached hydrogens (primary N) is 1. The molecular weight excluding hydrogens is 182 g/mol. The molecule has 1 aliphatic heterocycles. The molecule has 0 saturated heterocycles. The fourth-order valence-corrected chi connectivity index (χ4v) is 1.22. The van der Waals surface area contributed by atoms with Gasteiger partial charge < -0.3 is 10.6 Å². The normalized spacial score (nSPS) is 14.0. The highest BCUT2D eigenvalue weighted by Gasteiger charge is 2.08. The summed E-state index contributed by atoms with van der Waals surface area (Å²) in [4.78, 5) is 20.7. The molecule has 0 saturated carbocycles. The highest BCUT2D eigenvalue weighted by Crippen LogP contribution is 2.23. The first-order chi connectivity index (χ1) is 6.77. The summed E-state index contributed by atoms with van der Waals surface area (Å²) in [6.07, 6.45) is 3.63. The Kier molecular flexibility index (Phi) is 2.20. The Labute approximate surface area is 80.9 Å². The Bertz CT molecular complexity index is 398.